The third-order valence-electron chi connectivity index (χ3n) is 3.65. The van der Waals surface area contributed by atoms with Gasteiger partial charge in [0.05, 0.1) is 6.20 Å². The first kappa shape index (κ1) is 14.6. The first-order valence-electron chi connectivity index (χ1n) is 7.09. The van der Waals surface area contributed by atoms with Gasteiger partial charge in [0.25, 0.3) is 5.91 Å². The Balaban J connectivity index is 1.50. The largest absolute Gasteiger partial charge is 0.351 e. The van der Waals surface area contributed by atoms with Crippen LogP contribution in [0.2, 0.25) is 0 Å². The van der Waals surface area contributed by atoms with Crippen LogP contribution in [0.1, 0.15) is 21.7 Å². The summed E-state index contributed by atoms with van der Waals surface area (Å²) in [5, 5.41) is 6.48. The third kappa shape index (κ3) is 3.48. The zero-order valence-corrected chi connectivity index (χ0v) is 12.8. The molecule has 7 heteroatoms. The van der Waals surface area contributed by atoms with E-state index in [-0.39, 0.29) is 17.7 Å². The highest BCUT2D eigenvalue weighted by Crippen LogP contribution is 2.19. The van der Waals surface area contributed by atoms with Crippen LogP contribution in [0.3, 0.4) is 0 Å². The number of carbonyl (C=O) groups is 2. The normalized spacial score (nSPS) is 17.7. The van der Waals surface area contributed by atoms with E-state index in [9.17, 15) is 9.59 Å². The predicted octanol–water partition coefficient (Wildman–Crippen LogP) is 1.32. The van der Waals surface area contributed by atoms with Gasteiger partial charge in [-0.3, -0.25) is 9.59 Å². The monoisotopic (exact) mass is 316 g/mol. The van der Waals surface area contributed by atoms with Crippen molar-refractivity contribution in [2.75, 3.05) is 13.1 Å². The van der Waals surface area contributed by atoms with E-state index in [0.29, 0.717) is 30.9 Å². The van der Waals surface area contributed by atoms with Crippen molar-refractivity contribution in [2.24, 2.45) is 5.92 Å². The van der Waals surface area contributed by atoms with Gasteiger partial charge >= 0.3 is 0 Å². The fourth-order valence-electron chi connectivity index (χ4n) is 2.54. The minimum Gasteiger partial charge on any atom is -0.351 e. The molecule has 1 fully saturated rings. The first-order chi connectivity index (χ1) is 10.7. The lowest BCUT2D eigenvalue weighted by Gasteiger charge is -2.16. The predicted molar refractivity (Wildman–Crippen MR) is 82.2 cm³/mol. The molecule has 0 radical (unpaired) electrons. The van der Waals surface area contributed by atoms with Gasteiger partial charge < -0.3 is 10.2 Å². The van der Waals surface area contributed by atoms with E-state index in [0.717, 1.165) is 17.1 Å². The molecule has 0 bridgehead atoms. The molecule has 1 atom stereocenters. The van der Waals surface area contributed by atoms with E-state index in [4.69, 9.17) is 0 Å². The quantitative estimate of drug-likeness (QED) is 0.902. The van der Waals surface area contributed by atoms with Crippen molar-refractivity contribution in [3.05, 3.63) is 47.0 Å². The van der Waals surface area contributed by atoms with E-state index >= 15 is 0 Å². The Morgan fingerprint density at radius 1 is 1.36 bits per heavy atom. The van der Waals surface area contributed by atoms with Gasteiger partial charge in [-0.2, -0.15) is 0 Å². The molecule has 6 nitrogen and oxygen atoms in total. The van der Waals surface area contributed by atoms with Gasteiger partial charge in [-0.15, -0.1) is 5.10 Å². The zero-order chi connectivity index (χ0) is 15.4. The number of hydrogen-bond acceptors (Lipinski definition) is 5. The van der Waals surface area contributed by atoms with Crippen molar-refractivity contribution >= 4 is 23.3 Å². The van der Waals surface area contributed by atoms with Gasteiger partial charge in [0.2, 0.25) is 5.91 Å². The first-order valence-corrected chi connectivity index (χ1v) is 7.87. The molecule has 1 saturated heterocycles. The molecular formula is C15H16N4O2S. The maximum absolute atomic E-state index is 12.1. The summed E-state index contributed by atoms with van der Waals surface area (Å²) in [5.41, 5.74) is 1.12. The number of carbonyl (C=O) groups excluding carboxylic acids is 2. The van der Waals surface area contributed by atoms with Gasteiger partial charge in [0.15, 0.2) is 0 Å². The highest BCUT2D eigenvalue weighted by molar-refractivity contribution is 7.07. The number of likely N-dealkylation sites (tertiary alicyclic amines) is 1. The summed E-state index contributed by atoms with van der Waals surface area (Å²) >= 11 is 1.07. The molecule has 22 heavy (non-hydrogen) atoms. The molecule has 1 aliphatic heterocycles. The molecule has 0 aliphatic carbocycles. The molecule has 0 spiro atoms. The zero-order valence-electron chi connectivity index (χ0n) is 11.9. The summed E-state index contributed by atoms with van der Waals surface area (Å²) in [6, 6.07) is 9.92. The Morgan fingerprint density at radius 3 is 2.91 bits per heavy atom. The lowest BCUT2D eigenvalue weighted by atomic mass is 10.1. The molecule has 0 saturated carbocycles. The molecule has 0 unspecified atom stereocenters. The van der Waals surface area contributed by atoms with Crippen LogP contribution < -0.4 is 5.32 Å². The maximum atomic E-state index is 12.1. The van der Waals surface area contributed by atoms with Gasteiger partial charge in [0, 0.05) is 32.0 Å². The summed E-state index contributed by atoms with van der Waals surface area (Å²) in [6.07, 6.45) is 1.93. The molecule has 2 amide bonds. The van der Waals surface area contributed by atoms with Crippen molar-refractivity contribution in [1.29, 1.82) is 0 Å². The van der Waals surface area contributed by atoms with Gasteiger partial charge in [0.1, 0.15) is 4.88 Å². The number of hydrogen-bond donors (Lipinski definition) is 1. The minimum absolute atomic E-state index is 0.141. The summed E-state index contributed by atoms with van der Waals surface area (Å²) in [7, 11) is 0. The van der Waals surface area contributed by atoms with Crippen LogP contribution in [0.25, 0.3) is 0 Å². The summed E-state index contributed by atoms with van der Waals surface area (Å²) in [6.45, 7) is 1.80. The van der Waals surface area contributed by atoms with E-state index in [1.807, 2.05) is 35.2 Å². The van der Waals surface area contributed by atoms with Gasteiger partial charge in [-0.25, -0.2) is 0 Å². The molecule has 1 N–H and O–H groups in total. The molecule has 2 heterocycles. The van der Waals surface area contributed by atoms with Crippen LogP contribution in [0.15, 0.2) is 36.5 Å². The summed E-state index contributed by atoms with van der Waals surface area (Å²) in [5.74, 6) is 0.118. The van der Waals surface area contributed by atoms with Gasteiger partial charge in [-0.1, -0.05) is 34.8 Å². The smallest absolute Gasteiger partial charge is 0.264 e. The molecule has 2 aromatic rings. The minimum atomic E-state index is -0.177. The Hall–Kier alpha value is -2.28. The second kappa shape index (κ2) is 6.65. The van der Waals surface area contributed by atoms with Crippen LogP contribution in [0.5, 0.6) is 0 Å². The topological polar surface area (TPSA) is 75.2 Å². The van der Waals surface area contributed by atoms with E-state index in [1.165, 1.54) is 6.20 Å². The molecule has 1 aromatic carbocycles. The van der Waals surface area contributed by atoms with Crippen LogP contribution in [0.4, 0.5) is 0 Å². The lowest BCUT2D eigenvalue weighted by Crippen LogP contribution is -2.30. The fraction of sp³-hybridized carbons (Fsp3) is 0.333. The Labute approximate surface area is 132 Å². The van der Waals surface area contributed by atoms with E-state index < -0.39 is 0 Å². The molecule has 114 valence electrons. The standard InChI is InChI=1S/C15H16N4O2S/c20-14-6-12(7-16-15(21)13-8-17-18-22-13)10-19(14)9-11-4-2-1-3-5-11/h1-5,8,12H,6-7,9-10H2,(H,16,21)/t12-/m1/s1. The van der Waals surface area contributed by atoms with Crippen molar-refractivity contribution in [1.82, 2.24) is 19.8 Å². The number of nitrogens with one attached hydrogen (secondary N) is 1. The second-order valence-corrected chi connectivity index (χ2v) is 6.11. The van der Waals surface area contributed by atoms with Crippen LogP contribution in [-0.4, -0.2) is 39.4 Å². The van der Waals surface area contributed by atoms with Crippen LogP contribution in [0, 0.1) is 5.92 Å². The van der Waals surface area contributed by atoms with Crippen molar-refractivity contribution in [2.45, 2.75) is 13.0 Å². The van der Waals surface area contributed by atoms with Crippen molar-refractivity contribution in [3.63, 3.8) is 0 Å². The average Bonchev–Trinajstić information content (AvgIpc) is 3.17. The fourth-order valence-corrected chi connectivity index (χ4v) is 2.97. The van der Waals surface area contributed by atoms with Crippen LogP contribution in [-0.2, 0) is 11.3 Å². The van der Waals surface area contributed by atoms with Crippen LogP contribution >= 0.6 is 11.5 Å². The molecular weight excluding hydrogens is 300 g/mol. The van der Waals surface area contributed by atoms with Crippen molar-refractivity contribution in [3.8, 4) is 0 Å². The Kier molecular flexibility index (Phi) is 4.43. The second-order valence-electron chi connectivity index (χ2n) is 5.32. The number of benzene rings is 1. The average molecular weight is 316 g/mol. The van der Waals surface area contributed by atoms with E-state index in [2.05, 4.69) is 14.9 Å². The Morgan fingerprint density at radius 2 is 2.18 bits per heavy atom. The highest BCUT2D eigenvalue weighted by Gasteiger charge is 2.29. The number of amides is 2. The van der Waals surface area contributed by atoms with E-state index in [1.54, 1.807) is 0 Å². The molecule has 1 aromatic heterocycles. The summed E-state index contributed by atoms with van der Waals surface area (Å²) < 4.78 is 3.66. The lowest BCUT2D eigenvalue weighted by molar-refractivity contribution is -0.128. The number of aromatic nitrogens is 2. The summed E-state index contributed by atoms with van der Waals surface area (Å²) in [4.78, 5) is 26.2. The number of nitrogens with zero attached hydrogens (tertiary/aromatic N) is 3. The van der Waals surface area contributed by atoms with Gasteiger partial charge in [-0.05, 0) is 17.1 Å². The molecule has 1 aliphatic rings. The SMILES string of the molecule is O=C(NC[C@H]1CC(=O)N(Cc2ccccc2)C1)c1cnns1. The number of rotatable bonds is 5. The third-order valence-corrected chi connectivity index (χ3v) is 4.31. The maximum Gasteiger partial charge on any atom is 0.264 e. The Bertz CT molecular complexity index is 645. The molecule has 3 rings (SSSR count). The van der Waals surface area contributed by atoms with Crippen molar-refractivity contribution < 1.29 is 9.59 Å². The highest BCUT2D eigenvalue weighted by atomic mass is 32.1.